The number of aryl methyl sites for hydroxylation is 2. The first-order valence-corrected chi connectivity index (χ1v) is 5.48. The summed E-state index contributed by atoms with van der Waals surface area (Å²) in [5.41, 5.74) is 8.14. The van der Waals surface area contributed by atoms with Crippen molar-refractivity contribution in [3.05, 3.63) is 40.5 Å². The van der Waals surface area contributed by atoms with Gasteiger partial charge in [0.1, 0.15) is 0 Å². The molecule has 0 unspecified atom stereocenters. The van der Waals surface area contributed by atoms with Gasteiger partial charge in [-0.25, -0.2) is 0 Å². The van der Waals surface area contributed by atoms with Crippen molar-refractivity contribution in [1.29, 1.82) is 0 Å². The molecule has 3 heteroatoms. The van der Waals surface area contributed by atoms with E-state index in [9.17, 15) is 0 Å². The van der Waals surface area contributed by atoms with Crippen molar-refractivity contribution < 1.29 is 0 Å². The Labute approximate surface area is 88.0 Å². The van der Waals surface area contributed by atoms with Gasteiger partial charge >= 0.3 is 0 Å². The van der Waals surface area contributed by atoms with Crippen LogP contribution in [0, 0.1) is 13.8 Å². The second-order valence-electron chi connectivity index (χ2n) is 3.40. The molecule has 0 aromatic carbocycles. The van der Waals surface area contributed by atoms with Crippen LogP contribution in [0.4, 0.5) is 0 Å². The quantitative estimate of drug-likeness (QED) is 0.804. The van der Waals surface area contributed by atoms with E-state index in [0.717, 1.165) is 0 Å². The predicted molar refractivity (Wildman–Crippen MR) is 61.0 cm³/mol. The van der Waals surface area contributed by atoms with E-state index in [4.69, 9.17) is 5.73 Å². The second kappa shape index (κ2) is 3.59. The fourth-order valence-electron chi connectivity index (χ4n) is 1.61. The highest BCUT2D eigenvalue weighted by atomic mass is 32.1. The van der Waals surface area contributed by atoms with Gasteiger partial charge in [0.15, 0.2) is 0 Å². The molecule has 2 nitrogen and oxygen atoms in total. The average molecular weight is 206 g/mol. The summed E-state index contributed by atoms with van der Waals surface area (Å²) < 4.78 is 2.25. The zero-order valence-corrected chi connectivity index (χ0v) is 9.27. The predicted octanol–water partition coefficient (Wildman–Crippen LogP) is 2.61. The molecule has 74 valence electrons. The van der Waals surface area contributed by atoms with Gasteiger partial charge in [0.2, 0.25) is 0 Å². The van der Waals surface area contributed by atoms with Crippen LogP contribution in [-0.4, -0.2) is 4.57 Å². The second-order valence-corrected chi connectivity index (χ2v) is 4.54. The molecule has 0 radical (unpaired) electrons. The molecule has 14 heavy (non-hydrogen) atoms. The zero-order chi connectivity index (χ0) is 10.1. The molecule has 2 rings (SSSR count). The molecule has 0 fully saturated rings. The molecule has 2 aromatic heterocycles. The van der Waals surface area contributed by atoms with Crippen LogP contribution in [0.2, 0.25) is 0 Å². The fourth-order valence-corrected chi connectivity index (χ4v) is 2.62. The molecule has 2 heterocycles. The van der Waals surface area contributed by atoms with Crippen molar-refractivity contribution in [3.63, 3.8) is 0 Å². The van der Waals surface area contributed by atoms with Gasteiger partial charge in [0, 0.05) is 22.8 Å². The molecule has 2 aromatic rings. The maximum Gasteiger partial charge on any atom is 0.0997 e. The molecule has 0 atom stereocenters. The average Bonchev–Trinajstić information content (AvgIpc) is 2.73. The van der Waals surface area contributed by atoms with Crippen molar-refractivity contribution in [2.45, 2.75) is 20.4 Å². The van der Waals surface area contributed by atoms with E-state index in [1.807, 2.05) is 0 Å². The largest absolute Gasteiger partial charge is 0.326 e. The van der Waals surface area contributed by atoms with Crippen LogP contribution in [0.3, 0.4) is 0 Å². The molecule has 0 aliphatic heterocycles. The van der Waals surface area contributed by atoms with Crippen molar-refractivity contribution in [2.24, 2.45) is 5.73 Å². The summed E-state index contributed by atoms with van der Waals surface area (Å²) in [4.78, 5) is 1.23. The number of thiophene rings is 1. The van der Waals surface area contributed by atoms with E-state index in [0.29, 0.717) is 6.54 Å². The minimum absolute atomic E-state index is 0.629. The third kappa shape index (κ3) is 1.49. The lowest BCUT2D eigenvalue weighted by atomic mass is 10.4. The Kier molecular flexibility index (Phi) is 2.44. The molecule has 0 bridgehead atoms. The lowest BCUT2D eigenvalue weighted by Crippen LogP contribution is -1.95. The lowest BCUT2D eigenvalue weighted by molar-refractivity contribution is 0.986. The van der Waals surface area contributed by atoms with E-state index in [2.05, 4.69) is 42.7 Å². The van der Waals surface area contributed by atoms with Crippen LogP contribution in [0.5, 0.6) is 0 Å². The van der Waals surface area contributed by atoms with Gasteiger partial charge in [-0.05, 0) is 38.1 Å². The number of nitrogens with zero attached hydrogens (tertiary/aromatic N) is 1. The number of hydrogen-bond acceptors (Lipinski definition) is 2. The molecule has 0 aliphatic carbocycles. The number of hydrogen-bond donors (Lipinski definition) is 1. The Bertz CT molecular complexity index is 420. The lowest BCUT2D eigenvalue weighted by Gasteiger charge is -2.05. The van der Waals surface area contributed by atoms with Crippen LogP contribution in [0.15, 0.2) is 24.3 Å². The monoisotopic (exact) mass is 206 g/mol. The van der Waals surface area contributed by atoms with Gasteiger partial charge in [0.05, 0.1) is 5.00 Å². The summed E-state index contributed by atoms with van der Waals surface area (Å²) in [5.74, 6) is 0. The van der Waals surface area contributed by atoms with E-state index in [1.165, 1.54) is 21.3 Å². The number of rotatable bonds is 2. The van der Waals surface area contributed by atoms with Gasteiger partial charge in [-0.1, -0.05) is 0 Å². The third-order valence-corrected chi connectivity index (χ3v) is 3.43. The number of aromatic nitrogens is 1. The van der Waals surface area contributed by atoms with Gasteiger partial charge < -0.3 is 10.3 Å². The first-order valence-electron chi connectivity index (χ1n) is 4.66. The Hall–Kier alpha value is -1.06. The molecule has 2 N–H and O–H groups in total. The summed E-state index contributed by atoms with van der Waals surface area (Å²) in [6, 6.07) is 8.50. The first-order chi connectivity index (χ1) is 6.72. The zero-order valence-electron chi connectivity index (χ0n) is 8.45. The van der Waals surface area contributed by atoms with Crippen molar-refractivity contribution in [2.75, 3.05) is 0 Å². The van der Waals surface area contributed by atoms with Gasteiger partial charge in [0.25, 0.3) is 0 Å². The topological polar surface area (TPSA) is 30.9 Å². The van der Waals surface area contributed by atoms with E-state index >= 15 is 0 Å². The molecule has 0 saturated heterocycles. The van der Waals surface area contributed by atoms with E-state index < -0.39 is 0 Å². The normalized spacial score (nSPS) is 10.8. The van der Waals surface area contributed by atoms with Crippen LogP contribution in [0.1, 0.15) is 16.3 Å². The number of nitrogens with two attached hydrogens (primary N) is 1. The van der Waals surface area contributed by atoms with Crippen molar-refractivity contribution in [1.82, 2.24) is 4.57 Å². The molecule has 0 spiro atoms. The first kappa shape index (κ1) is 9.49. The maximum atomic E-state index is 5.59. The molecular formula is C11H14N2S. The summed E-state index contributed by atoms with van der Waals surface area (Å²) >= 11 is 1.76. The van der Waals surface area contributed by atoms with Gasteiger partial charge in [-0.3, -0.25) is 0 Å². The SMILES string of the molecule is Cc1ccc(C)n1-c1ccc(CN)s1. The van der Waals surface area contributed by atoms with Crippen molar-refractivity contribution in [3.8, 4) is 5.00 Å². The maximum absolute atomic E-state index is 5.59. The van der Waals surface area contributed by atoms with E-state index in [1.54, 1.807) is 11.3 Å². The molecule has 0 aliphatic rings. The van der Waals surface area contributed by atoms with Crippen LogP contribution >= 0.6 is 11.3 Å². The Balaban J connectivity index is 2.48. The Morgan fingerprint density at radius 1 is 1.14 bits per heavy atom. The minimum Gasteiger partial charge on any atom is -0.326 e. The van der Waals surface area contributed by atoms with Crippen LogP contribution in [0.25, 0.3) is 5.00 Å². The van der Waals surface area contributed by atoms with E-state index in [-0.39, 0.29) is 0 Å². The van der Waals surface area contributed by atoms with Crippen LogP contribution in [-0.2, 0) is 6.54 Å². The third-order valence-electron chi connectivity index (χ3n) is 2.34. The smallest absolute Gasteiger partial charge is 0.0997 e. The fraction of sp³-hybridized carbons (Fsp3) is 0.273. The Morgan fingerprint density at radius 3 is 2.29 bits per heavy atom. The summed E-state index contributed by atoms with van der Waals surface area (Å²) in [6.45, 7) is 4.87. The Morgan fingerprint density at radius 2 is 1.79 bits per heavy atom. The highest BCUT2D eigenvalue weighted by Crippen LogP contribution is 2.24. The standard InChI is InChI=1S/C11H14N2S/c1-8-3-4-9(2)13(8)11-6-5-10(7-12)14-11/h3-6H,7,12H2,1-2H3. The van der Waals surface area contributed by atoms with Crippen molar-refractivity contribution >= 4 is 11.3 Å². The molecule has 0 amide bonds. The molecule has 0 saturated carbocycles. The van der Waals surface area contributed by atoms with Gasteiger partial charge in [-0.15, -0.1) is 11.3 Å². The molecular weight excluding hydrogens is 192 g/mol. The van der Waals surface area contributed by atoms with Gasteiger partial charge in [-0.2, -0.15) is 0 Å². The highest BCUT2D eigenvalue weighted by Gasteiger charge is 2.05. The summed E-state index contributed by atoms with van der Waals surface area (Å²) in [6.07, 6.45) is 0. The summed E-state index contributed by atoms with van der Waals surface area (Å²) in [5, 5.41) is 1.26. The van der Waals surface area contributed by atoms with Crippen LogP contribution < -0.4 is 5.73 Å². The highest BCUT2D eigenvalue weighted by molar-refractivity contribution is 7.14. The minimum atomic E-state index is 0.629. The summed E-state index contributed by atoms with van der Waals surface area (Å²) in [7, 11) is 0.